The Bertz CT molecular complexity index is 190. The van der Waals surface area contributed by atoms with E-state index in [1.807, 2.05) is 0 Å². The Morgan fingerprint density at radius 3 is 2.89 bits per heavy atom. The molecule has 3 heteroatoms. The van der Waals surface area contributed by atoms with Crippen LogP contribution in [0.25, 0.3) is 0 Å². The summed E-state index contributed by atoms with van der Waals surface area (Å²) < 4.78 is 4.58. The van der Waals surface area contributed by atoms with Gasteiger partial charge in [0.05, 0.1) is 0 Å². The van der Waals surface area contributed by atoms with Gasteiger partial charge >= 0.3 is 5.97 Å². The molecule has 0 saturated heterocycles. The maximum Gasteiger partial charge on any atom is 0.375 e. The highest BCUT2D eigenvalue weighted by Gasteiger charge is 2.30. The van der Waals surface area contributed by atoms with E-state index in [1.54, 1.807) is 6.08 Å². The van der Waals surface area contributed by atoms with Gasteiger partial charge in [-0.1, -0.05) is 6.08 Å². The first-order chi connectivity index (χ1) is 4.25. The molecule has 0 radical (unpaired) electrons. The minimum absolute atomic E-state index is 0.0786. The van der Waals surface area contributed by atoms with Gasteiger partial charge in [-0.05, 0) is 0 Å². The minimum atomic E-state index is -0.994. The van der Waals surface area contributed by atoms with Crippen LogP contribution in [-0.2, 0) is 9.53 Å². The number of carboxylic acid groups (broad SMARTS) is 1. The quantitative estimate of drug-likeness (QED) is 0.571. The standard InChI is InChI=1S/C6H6O3/c1-2-3-4-5(9-4)6(7)8/h2H,1,3H2,(H,7,8). The van der Waals surface area contributed by atoms with Crippen molar-refractivity contribution in [2.45, 2.75) is 6.42 Å². The lowest BCUT2D eigenvalue weighted by Crippen LogP contribution is -1.88. The van der Waals surface area contributed by atoms with Crippen LogP contribution in [0.4, 0.5) is 0 Å². The van der Waals surface area contributed by atoms with Crippen LogP contribution in [0.2, 0.25) is 0 Å². The molecule has 0 unspecified atom stereocenters. The SMILES string of the molecule is C=CCC1=C(C(=O)O)O1. The zero-order chi connectivity index (χ0) is 6.85. The summed E-state index contributed by atoms with van der Waals surface area (Å²) in [6, 6.07) is 0. The number of rotatable bonds is 3. The number of hydrogen-bond donors (Lipinski definition) is 1. The monoisotopic (exact) mass is 126 g/mol. The molecule has 1 heterocycles. The fraction of sp³-hybridized carbons (Fsp3) is 0.167. The molecule has 1 rings (SSSR count). The molecule has 0 saturated carbocycles. The van der Waals surface area contributed by atoms with Crippen LogP contribution < -0.4 is 0 Å². The van der Waals surface area contributed by atoms with Crippen LogP contribution in [0.5, 0.6) is 0 Å². The predicted molar refractivity (Wildman–Crippen MR) is 30.6 cm³/mol. The predicted octanol–water partition coefficient (Wildman–Crippen LogP) is 0.889. The number of carboxylic acids is 1. The van der Waals surface area contributed by atoms with Gasteiger partial charge in [-0.3, -0.25) is 0 Å². The van der Waals surface area contributed by atoms with Gasteiger partial charge in [-0.25, -0.2) is 4.79 Å². The van der Waals surface area contributed by atoms with Crippen molar-refractivity contribution in [2.24, 2.45) is 0 Å². The van der Waals surface area contributed by atoms with E-state index in [-0.39, 0.29) is 5.76 Å². The zero-order valence-electron chi connectivity index (χ0n) is 4.76. The summed E-state index contributed by atoms with van der Waals surface area (Å²) in [7, 11) is 0. The molecule has 3 nitrogen and oxygen atoms in total. The highest BCUT2D eigenvalue weighted by Crippen LogP contribution is 2.28. The summed E-state index contributed by atoms with van der Waals surface area (Å²) in [4.78, 5) is 10.0. The summed E-state index contributed by atoms with van der Waals surface area (Å²) in [5.41, 5.74) is 0. The molecule has 0 aromatic carbocycles. The fourth-order valence-corrected chi connectivity index (χ4v) is 0.526. The third-order valence-electron chi connectivity index (χ3n) is 0.961. The molecule has 0 aromatic rings. The van der Waals surface area contributed by atoms with Crippen molar-refractivity contribution in [3.05, 3.63) is 24.2 Å². The molecular formula is C6H6O3. The first kappa shape index (κ1) is 5.88. The van der Waals surface area contributed by atoms with Gasteiger partial charge in [0.15, 0.2) is 5.76 Å². The van der Waals surface area contributed by atoms with E-state index < -0.39 is 5.97 Å². The van der Waals surface area contributed by atoms with E-state index >= 15 is 0 Å². The zero-order valence-corrected chi connectivity index (χ0v) is 4.76. The first-order valence-corrected chi connectivity index (χ1v) is 2.51. The maximum absolute atomic E-state index is 10.0. The van der Waals surface area contributed by atoms with Crippen LogP contribution in [0, 0.1) is 0 Å². The molecule has 1 N–H and O–H groups in total. The number of hydrogen-bond acceptors (Lipinski definition) is 2. The number of carbonyl (C=O) groups is 1. The van der Waals surface area contributed by atoms with Gasteiger partial charge in [0.1, 0.15) is 0 Å². The fourth-order valence-electron chi connectivity index (χ4n) is 0.526. The van der Waals surface area contributed by atoms with E-state index in [0.717, 1.165) is 0 Å². The smallest absolute Gasteiger partial charge is 0.375 e. The van der Waals surface area contributed by atoms with E-state index in [2.05, 4.69) is 11.3 Å². The molecule has 0 aromatic heterocycles. The minimum Gasteiger partial charge on any atom is -0.475 e. The summed E-state index contributed by atoms with van der Waals surface area (Å²) >= 11 is 0. The van der Waals surface area contributed by atoms with Crippen molar-refractivity contribution in [2.75, 3.05) is 0 Å². The highest BCUT2D eigenvalue weighted by atomic mass is 16.6. The Morgan fingerprint density at radius 2 is 2.56 bits per heavy atom. The second-order valence-electron chi connectivity index (χ2n) is 1.65. The second-order valence-corrected chi connectivity index (χ2v) is 1.65. The number of allylic oxidation sites excluding steroid dienone is 1. The lowest BCUT2D eigenvalue weighted by atomic mass is 10.4. The average molecular weight is 126 g/mol. The van der Waals surface area contributed by atoms with Gasteiger partial charge in [0.25, 0.3) is 0 Å². The van der Waals surface area contributed by atoms with Crippen LogP contribution in [-0.4, -0.2) is 11.1 Å². The molecule has 1 aliphatic rings. The molecule has 0 spiro atoms. The van der Waals surface area contributed by atoms with Gasteiger partial charge in [-0.2, -0.15) is 0 Å². The maximum atomic E-state index is 10.0. The molecule has 48 valence electrons. The second kappa shape index (κ2) is 1.93. The Hall–Kier alpha value is -1.25. The third kappa shape index (κ3) is 1.10. The van der Waals surface area contributed by atoms with Crippen LogP contribution >= 0.6 is 0 Å². The number of aliphatic carboxylic acids is 1. The number of ether oxygens (including phenoxy) is 1. The normalized spacial score (nSPS) is 14.7. The van der Waals surface area contributed by atoms with Crippen molar-refractivity contribution >= 4 is 5.97 Å². The molecule has 0 atom stereocenters. The lowest BCUT2D eigenvalue weighted by Gasteiger charge is -1.71. The van der Waals surface area contributed by atoms with E-state index in [0.29, 0.717) is 12.2 Å². The summed E-state index contributed by atoms with van der Waals surface area (Å²) in [5, 5.41) is 8.23. The van der Waals surface area contributed by atoms with Crippen molar-refractivity contribution in [3.8, 4) is 0 Å². The Morgan fingerprint density at radius 1 is 1.89 bits per heavy atom. The molecule has 0 bridgehead atoms. The molecule has 1 aliphatic heterocycles. The van der Waals surface area contributed by atoms with Crippen molar-refractivity contribution in [1.82, 2.24) is 0 Å². The van der Waals surface area contributed by atoms with E-state index in [9.17, 15) is 4.79 Å². The summed E-state index contributed by atoms with van der Waals surface area (Å²) in [5.74, 6) is -0.390. The molecule has 0 aliphatic carbocycles. The molecular weight excluding hydrogens is 120 g/mol. The van der Waals surface area contributed by atoms with Gasteiger partial charge in [0, 0.05) is 6.42 Å². The van der Waals surface area contributed by atoms with E-state index in [1.165, 1.54) is 0 Å². The summed E-state index contributed by atoms with van der Waals surface area (Å²) in [6.45, 7) is 3.43. The first-order valence-electron chi connectivity index (χ1n) is 2.51. The highest BCUT2D eigenvalue weighted by molar-refractivity contribution is 5.88. The van der Waals surface area contributed by atoms with Crippen molar-refractivity contribution in [3.63, 3.8) is 0 Å². The van der Waals surface area contributed by atoms with Crippen molar-refractivity contribution in [1.29, 1.82) is 0 Å². The molecule has 9 heavy (non-hydrogen) atoms. The Balaban J connectivity index is 2.49. The average Bonchev–Trinajstić information content (AvgIpc) is 2.47. The van der Waals surface area contributed by atoms with E-state index in [4.69, 9.17) is 5.11 Å². The topological polar surface area (TPSA) is 49.8 Å². The van der Waals surface area contributed by atoms with Crippen LogP contribution in [0.15, 0.2) is 24.2 Å². The van der Waals surface area contributed by atoms with Crippen LogP contribution in [0.1, 0.15) is 6.42 Å². The third-order valence-corrected chi connectivity index (χ3v) is 0.961. The van der Waals surface area contributed by atoms with Gasteiger partial charge < -0.3 is 9.84 Å². The van der Waals surface area contributed by atoms with Gasteiger partial charge in [-0.15, -0.1) is 6.58 Å². The molecule has 0 fully saturated rings. The largest absolute Gasteiger partial charge is 0.475 e. The molecule has 0 amide bonds. The summed E-state index contributed by atoms with van der Waals surface area (Å²) in [6.07, 6.45) is 2.12. The lowest BCUT2D eigenvalue weighted by molar-refractivity contribution is -0.133. The Kier molecular flexibility index (Phi) is 1.26. The van der Waals surface area contributed by atoms with Crippen LogP contribution in [0.3, 0.4) is 0 Å². The van der Waals surface area contributed by atoms with Gasteiger partial charge in [0.2, 0.25) is 5.76 Å². The Labute approximate surface area is 52.2 Å². The van der Waals surface area contributed by atoms with Crippen molar-refractivity contribution < 1.29 is 14.6 Å².